The fourth-order valence-corrected chi connectivity index (χ4v) is 4.03. The van der Waals surface area contributed by atoms with Crippen molar-refractivity contribution in [1.29, 1.82) is 0 Å². The molecule has 29 heavy (non-hydrogen) atoms. The van der Waals surface area contributed by atoms with Crippen molar-refractivity contribution in [2.45, 2.75) is 6.92 Å². The first kappa shape index (κ1) is 17.5. The molecule has 4 aromatic carbocycles. The van der Waals surface area contributed by atoms with Gasteiger partial charge in [-0.1, -0.05) is 115 Å². The van der Waals surface area contributed by atoms with Gasteiger partial charge in [0.05, 0.1) is 0 Å². The maximum absolute atomic E-state index is 2.35. The third-order valence-electron chi connectivity index (χ3n) is 5.57. The summed E-state index contributed by atoms with van der Waals surface area (Å²) in [5.41, 5.74) is 11.3. The Morgan fingerprint density at radius 2 is 1.03 bits per heavy atom. The number of hydrogen-bond acceptors (Lipinski definition) is 0. The molecule has 0 saturated carbocycles. The Morgan fingerprint density at radius 3 is 1.66 bits per heavy atom. The highest BCUT2D eigenvalue weighted by atomic mass is 14.2. The van der Waals surface area contributed by atoms with E-state index >= 15 is 0 Å². The van der Waals surface area contributed by atoms with Crippen molar-refractivity contribution in [1.82, 2.24) is 0 Å². The van der Waals surface area contributed by atoms with Crippen LogP contribution in [0, 0.1) is 6.92 Å². The van der Waals surface area contributed by atoms with Crippen LogP contribution in [0.25, 0.3) is 34.9 Å². The Morgan fingerprint density at radius 1 is 0.517 bits per heavy atom. The predicted molar refractivity (Wildman–Crippen MR) is 125 cm³/mol. The second kappa shape index (κ2) is 7.41. The number of aryl methyl sites for hydroxylation is 1. The third kappa shape index (κ3) is 3.34. The van der Waals surface area contributed by atoms with Crippen molar-refractivity contribution in [3.05, 3.63) is 130 Å². The zero-order chi connectivity index (χ0) is 19.6. The molecule has 0 aromatic heterocycles. The van der Waals surface area contributed by atoms with Gasteiger partial charge in [0.1, 0.15) is 0 Å². The molecule has 0 amide bonds. The summed E-state index contributed by atoms with van der Waals surface area (Å²) < 4.78 is 0. The fourth-order valence-electron chi connectivity index (χ4n) is 4.03. The van der Waals surface area contributed by atoms with E-state index in [4.69, 9.17) is 0 Å². The summed E-state index contributed by atoms with van der Waals surface area (Å²) in [6, 6.07) is 34.7. The molecule has 0 fully saturated rings. The van der Waals surface area contributed by atoms with Crippen LogP contribution in [-0.2, 0) is 0 Å². The van der Waals surface area contributed by atoms with Gasteiger partial charge < -0.3 is 0 Å². The van der Waals surface area contributed by atoms with E-state index in [0.717, 1.165) is 0 Å². The Labute approximate surface area is 172 Å². The van der Waals surface area contributed by atoms with Crippen LogP contribution in [0.2, 0.25) is 0 Å². The molecule has 0 bridgehead atoms. The lowest BCUT2D eigenvalue weighted by molar-refractivity contribution is 1.46. The van der Waals surface area contributed by atoms with Crippen molar-refractivity contribution in [2.24, 2.45) is 0 Å². The molecular weight excluding hydrogens is 348 g/mol. The van der Waals surface area contributed by atoms with Gasteiger partial charge in [0.2, 0.25) is 0 Å². The monoisotopic (exact) mass is 370 g/mol. The Hall–Kier alpha value is -3.64. The van der Waals surface area contributed by atoms with Gasteiger partial charge >= 0.3 is 0 Å². The number of hydrogen-bond donors (Lipinski definition) is 0. The van der Waals surface area contributed by atoms with Gasteiger partial charge in [-0.3, -0.25) is 0 Å². The number of fused-ring (bicyclic) bond motifs is 2. The molecule has 5 rings (SSSR count). The van der Waals surface area contributed by atoms with Crippen molar-refractivity contribution in [3.8, 4) is 11.1 Å². The zero-order valence-corrected chi connectivity index (χ0v) is 16.5. The molecule has 0 N–H and O–H groups in total. The van der Waals surface area contributed by atoms with Crippen LogP contribution < -0.4 is 0 Å². The first-order valence-electron chi connectivity index (χ1n) is 10.0. The normalized spacial score (nSPS) is 12.1. The summed E-state index contributed by atoms with van der Waals surface area (Å²) in [4.78, 5) is 0. The highest BCUT2D eigenvalue weighted by molar-refractivity contribution is 6.01. The minimum absolute atomic E-state index is 1.23. The van der Waals surface area contributed by atoms with Crippen molar-refractivity contribution < 1.29 is 0 Å². The lowest BCUT2D eigenvalue weighted by Crippen LogP contribution is -1.93. The van der Waals surface area contributed by atoms with E-state index in [-0.39, 0.29) is 0 Å². The van der Waals surface area contributed by atoms with Crippen LogP contribution in [0.15, 0.2) is 97.1 Å². The van der Waals surface area contributed by atoms with Crippen LogP contribution in [-0.4, -0.2) is 0 Å². The topological polar surface area (TPSA) is 0 Å². The van der Waals surface area contributed by atoms with Crippen molar-refractivity contribution >= 4 is 23.8 Å². The summed E-state index contributed by atoms with van der Waals surface area (Å²) in [6.07, 6.45) is 6.79. The van der Waals surface area contributed by atoms with E-state index in [1.807, 2.05) is 0 Å². The minimum Gasteiger partial charge on any atom is -0.0616 e. The van der Waals surface area contributed by atoms with E-state index in [1.54, 1.807) is 0 Å². The molecule has 0 heteroatoms. The number of rotatable bonds is 2. The maximum atomic E-state index is 2.35. The fraction of sp³-hybridized carbons (Fsp3) is 0.0345. The van der Waals surface area contributed by atoms with Crippen molar-refractivity contribution in [2.75, 3.05) is 0 Å². The standard InChI is InChI=1S/C29H22/c1-21-14-16-24(17-15-21)26-11-5-4-10-25(26)20-29-27-12-6-2-8-22(27)18-19-23-9-3-7-13-28(23)29/h2-20H,1H3. The van der Waals surface area contributed by atoms with Crippen LogP contribution >= 0.6 is 0 Å². The lowest BCUT2D eigenvalue weighted by atomic mass is 9.90. The third-order valence-corrected chi connectivity index (χ3v) is 5.57. The SMILES string of the molecule is Cc1ccc(-c2ccccc2C=C2c3ccccc3C=Cc3ccccc32)cc1. The molecule has 138 valence electrons. The van der Waals surface area contributed by atoms with E-state index in [0.29, 0.717) is 0 Å². The average Bonchev–Trinajstić information content (AvgIpc) is 2.92. The molecule has 0 atom stereocenters. The molecule has 0 saturated heterocycles. The first-order chi connectivity index (χ1) is 14.3. The van der Waals surface area contributed by atoms with Gasteiger partial charge in [-0.2, -0.15) is 0 Å². The van der Waals surface area contributed by atoms with Gasteiger partial charge in [0.15, 0.2) is 0 Å². The highest BCUT2D eigenvalue weighted by Crippen LogP contribution is 2.36. The molecule has 0 spiro atoms. The van der Waals surface area contributed by atoms with Gasteiger partial charge in [0, 0.05) is 0 Å². The Balaban J connectivity index is 1.75. The van der Waals surface area contributed by atoms with Gasteiger partial charge in [0.25, 0.3) is 0 Å². The van der Waals surface area contributed by atoms with Crippen LogP contribution in [0.4, 0.5) is 0 Å². The minimum atomic E-state index is 1.23. The van der Waals surface area contributed by atoms with E-state index in [1.165, 1.54) is 50.1 Å². The molecule has 0 unspecified atom stereocenters. The van der Waals surface area contributed by atoms with E-state index < -0.39 is 0 Å². The average molecular weight is 370 g/mol. The lowest BCUT2D eigenvalue weighted by Gasteiger charge is -2.14. The highest BCUT2D eigenvalue weighted by Gasteiger charge is 2.15. The molecule has 0 heterocycles. The maximum Gasteiger partial charge on any atom is -0.00932 e. The van der Waals surface area contributed by atoms with Crippen molar-refractivity contribution in [3.63, 3.8) is 0 Å². The smallest absolute Gasteiger partial charge is 0.00932 e. The Kier molecular flexibility index (Phi) is 4.46. The Bertz CT molecular complexity index is 1190. The number of benzene rings is 4. The second-order valence-electron chi connectivity index (χ2n) is 7.52. The van der Waals surface area contributed by atoms with E-state index in [9.17, 15) is 0 Å². The molecule has 0 aliphatic heterocycles. The summed E-state index contributed by atoms with van der Waals surface area (Å²) in [7, 11) is 0. The second-order valence-corrected chi connectivity index (χ2v) is 7.52. The molecule has 1 aliphatic carbocycles. The summed E-state index contributed by atoms with van der Waals surface area (Å²) in [5.74, 6) is 0. The van der Waals surface area contributed by atoms with Crippen LogP contribution in [0.1, 0.15) is 33.4 Å². The summed E-state index contributed by atoms with van der Waals surface area (Å²) in [5, 5.41) is 0. The van der Waals surface area contributed by atoms with Gasteiger partial charge in [-0.25, -0.2) is 0 Å². The van der Waals surface area contributed by atoms with Crippen LogP contribution in [0.3, 0.4) is 0 Å². The largest absolute Gasteiger partial charge is 0.0616 e. The molecule has 0 radical (unpaired) electrons. The predicted octanol–water partition coefficient (Wildman–Crippen LogP) is 7.73. The molecule has 0 nitrogen and oxygen atoms in total. The molecule has 4 aromatic rings. The summed E-state index contributed by atoms with van der Waals surface area (Å²) in [6.45, 7) is 2.13. The molecular formula is C29H22. The molecule has 1 aliphatic rings. The van der Waals surface area contributed by atoms with E-state index in [2.05, 4.69) is 122 Å². The van der Waals surface area contributed by atoms with Gasteiger partial charge in [-0.05, 0) is 57.5 Å². The summed E-state index contributed by atoms with van der Waals surface area (Å²) >= 11 is 0. The van der Waals surface area contributed by atoms with Crippen LogP contribution in [0.5, 0.6) is 0 Å². The zero-order valence-electron chi connectivity index (χ0n) is 16.5. The van der Waals surface area contributed by atoms with Gasteiger partial charge in [-0.15, -0.1) is 0 Å². The quantitative estimate of drug-likeness (QED) is 0.298. The first-order valence-corrected chi connectivity index (χ1v) is 10.0.